The first kappa shape index (κ1) is 18.2. The van der Waals surface area contributed by atoms with E-state index in [-0.39, 0.29) is 6.10 Å². The molecule has 0 saturated carbocycles. The molecule has 0 bridgehead atoms. The summed E-state index contributed by atoms with van der Waals surface area (Å²) in [7, 11) is 0. The third-order valence-electron chi connectivity index (χ3n) is 4.37. The molecule has 2 heterocycles. The van der Waals surface area contributed by atoms with Gasteiger partial charge < -0.3 is 25.3 Å². The van der Waals surface area contributed by atoms with Crippen molar-refractivity contribution in [3.63, 3.8) is 0 Å². The molecule has 7 heteroatoms. The highest BCUT2D eigenvalue weighted by Gasteiger charge is 2.18. The third-order valence-corrected chi connectivity index (χ3v) is 4.37. The van der Waals surface area contributed by atoms with Gasteiger partial charge in [-0.15, -0.1) is 0 Å². The van der Waals surface area contributed by atoms with Crippen LogP contribution in [0.3, 0.4) is 0 Å². The molecular weight excluding hydrogens is 356 g/mol. The molecule has 4 rings (SSSR count). The van der Waals surface area contributed by atoms with Crippen LogP contribution in [0.25, 0.3) is 11.1 Å². The Morgan fingerprint density at radius 3 is 2.57 bits per heavy atom. The Kier molecular flexibility index (Phi) is 5.65. The lowest BCUT2D eigenvalue weighted by Gasteiger charge is -2.23. The molecule has 1 saturated heterocycles. The Bertz CT molecular complexity index is 897. The highest BCUT2D eigenvalue weighted by Crippen LogP contribution is 2.34. The number of rotatable bonds is 6. The van der Waals surface area contributed by atoms with Crippen molar-refractivity contribution in [3.05, 3.63) is 60.9 Å². The Morgan fingerprint density at radius 1 is 1.04 bits per heavy atom. The fourth-order valence-corrected chi connectivity index (χ4v) is 2.98. The van der Waals surface area contributed by atoms with E-state index in [4.69, 9.17) is 19.9 Å². The molecule has 1 aliphatic rings. The van der Waals surface area contributed by atoms with E-state index in [9.17, 15) is 0 Å². The summed E-state index contributed by atoms with van der Waals surface area (Å²) >= 11 is 0. The van der Waals surface area contributed by atoms with Gasteiger partial charge in [0.2, 0.25) is 5.88 Å². The molecule has 144 valence electrons. The number of para-hydroxylation sites is 1. The second-order valence-electron chi connectivity index (χ2n) is 6.39. The van der Waals surface area contributed by atoms with Crippen molar-refractivity contribution in [3.8, 4) is 28.5 Å². The number of hydrogen-bond donors (Lipinski definition) is 2. The molecule has 1 aromatic heterocycles. The predicted molar refractivity (Wildman–Crippen MR) is 107 cm³/mol. The van der Waals surface area contributed by atoms with Gasteiger partial charge in [-0.1, -0.05) is 30.3 Å². The number of aromatic nitrogens is 2. The van der Waals surface area contributed by atoms with Gasteiger partial charge in [-0.3, -0.25) is 0 Å². The van der Waals surface area contributed by atoms with Gasteiger partial charge in [-0.05, 0) is 29.8 Å². The number of nitrogens with zero attached hydrogens (tertiary/aromatic N) is 2. The zero-order valence-corrected chi connectivity index (χ0v) is 15.4. The first-order valence-corrected chi connectivity index (χ1v) is 9.18. The van der Waals surface area contributed by atoms with Gasteiger partial charge in [0, 0.05) is 13.1 Å². The summed E-state index contributed by atoms with van der Waals surface area (Å²) in [6.45, 7) is 2.68. The Hall–Kier alpha value is -3.16. The van der Waals surface area contributed by atoms with E-state index >= 15 is 0 Å². The second-order valence-corrected chi connectivity index (χ2v) is 6.39. The molecule has 7 nitrogen and oxygen atoms in total. The third kappa shape index (κ3) is 4.39. The molecule has 3 N–H and O–H groups in total. The number of hydrogen-bond acceptors (Lipinski definition) is 7. The highest BCUT2D eigenvalue weighted by atomic mass is 16.5. The second kappa shape index (κ2) is 8.69. The molecule has 28 heavy (non-hydrogen) atoms. The molecule has 3 aromatic rings. The van der Waals surface area contributed by atoms with E-state index < -0.39 is 0 Å². The minimum Gasteiger partial charge on any atom is -0.474 e. The van der Waals surface area contributed by atoms with Crippen LogP contribution in [0.5, 0.6) is 17.4 Å². The van der Waals surface area contributed by atoms with E-state index in [1.165, 1.54) is 6.33 Å². The Labute approximate surface area is 163 Å². The quantitative estimate of drug-likeness (QED) is 0.681. The lowest BCUT2D eigenvalue weighted by molar-refractivity contribution is -0.000619. The number of morpholine rings is 1. The normalized spacial score (nSPS) is 16.5. The summed E-state index contributed by atoms with van der Waals surface area (Å²) in [4.78, 5) is 8.38. The van der Waals surface area contributed by atoms with Crippen molar-refractivity contribution in [1.29, 1.82) is 0 Å². The van der Waals surface area contributed by atoms with Crippen molar-refractivity contribution in [2.24, 2.45) is 0 Å². The molecule has 2 aromatic carbocycles. The van der Waals surface area contributed by atoms with Crippen molar-refractivity contribution in [2.45, 2.75) is 6.10 Å². The van der Waals surface area contributed by atoms with Crippen LogP contribution < -0.4 is 20.5 Å². The Morgan fingerprint density at radius 2 is 1.82 bits per heavy atom. The van der Waals surface area contributed by atoms with Crippen LogP contribution in [0, 0.1) is 0 Å². The summed E-state index contributed by atoms with van der Waals surface area (Å²) in [6.07, 6.45) is 1.39. The van der Waals surface area contributed by atoms with E-state index in [1.54, 1.807) is 0 Å². The molecule has 0 radical (unpaired) electrons. The number of nitrogens with two attached hydrogens (primary N) is 1. The summed E-state index contributed by atoms with van der Waals surface area (Å²) in [5.74, 6) is 2.32. The smallest absolute Gasteiger partial charge is 0.226 e. The molecule has 0 spiro atoms. The van der Waals surface area contributed by atoms with E-state index in [0.717, 1.165) is 30.2 Å². The van der Waals surface area contributed by atoms with Gasteiger partial charge >= 0.3 is 0 Å². The summed E-state index contributed by atoms with van der Waals surface area (Å²) in [5.41, 5.74) is 7.64. The highest BCUT2D eigenvalue weighted by molar-refractivity contribution is 5.78. The number of ether oxygens (including phenoxy) is 3. The van der Waals surface area contributed by atoms with Crippen LogP contribution in [-0.4, -0.2) is 42.4 Å². The van der Waals surface area contributed by atoms with E-state index in [1.807, 2.05) is 54.6 Å². The fraction of sp³-hybridized carbons (Fsp3) is 0.238. The summed E-state index contributed by atoms with van der Waals surface area (Å²) in [6, 6.07) is 17.2. The first-order chi connectivity index (χ1) is 13.8. The van der Waals surface area contributed by atoms with Crippen LogP contribution in [0.1, 0.15) is 0 Å². The van der Waals surface area contributed by atoms with Crippen molar-refractivity contribution in [2.75, 3.05) is 32.0 Å². The van der Waals surface area contributed by atoms with Crippen LogP contribution in [0.2, 0.25) is 0 Å². The van der Waals surface area contributed by atoms with Crippen molar-refractivity contribution >= 4 is 5.82 Å². The van der Waals surface area contributed by atoms with E-state index in [2.05, 4.69) is 15.3 Å². The fourth-order valence-electron chi connectivity index (χ4n) is 2.98. The van der Waals surface area contributed by atoms with Crippen LogP contribution in [-0.2, 0) is 4.74 Å². The van der Waals surface area contributed by atoms with Gasteiger partial charge in [-0.25, -0.2) is 9.97 Å². The lowest BCUT2D eigenvalue weighted by Crippen LogP contribution is -2.41. The topological polar surface area (TPSA) is 91.5 Å². The van der Waals surface area contributed by atoms with Gasteiger partial charge in [0.25, 0.3) is 0 Å². The first-order valence-electron chi connectivity index (χ1n) is 9.18. The van der Waals surface area contributed by atoms with Crippen LogP contribution >= 0.6 is 0 Å². The van der Waals surface area contributed by atoms with Gasteiger partial charge in [-0.2, -0.15) is 0 Å². The minimum atomic E-state index is -0.0144. The maximum Gasteiger partial charge on any atom is 0.226 e. The number of nitrogens with one attached hydrogen (secondary N) is 1. The predicted octanol–water partition coefficient (Wildman–Crippen LogP) is 2.89. The zero-order chi connectivity index (χ0) is 19.2. The standard InChI is InChI=1S/C21H22N4O3/c22-20-19(21(25-14-24-20)27-13-18-12-23-10-11-26-18)15-6-8-17(9-7-15)28-16-4-2-1-3-5-16/h1-9,14,18,23H,10-13H2,(H2,22,24,25). The van der Waals surface area contributed by atoms with Crippen LogP contribution in [0.15, 0.2) is 60.9 Å². The van der Waals surface area contributed by atoms with E-state index in [0.29, 0.717) is 30.5 Å². The molecule has 0 amide bonds. The van der Waals surface area contributed by atoms with Crippen molar-refractivity contribution < 1.29 is 14.2 Å². The van der Waals surface area contributed by atoms with Gasteiger partial charge in [0.05, 0.1) is 12.2 Å². The van der Waals surface area contributed by atoms with Crippen molar-refractivity contribution in [1.82, 2.24) is 15.3 Å². The Balaban J connectivity index is 1.51. The number of benzene rings is 2. The average Bonchev–Trinajstić information content (AvgIpc) is 2.75. The maximum absolute atomic E-state index is 6.12. The molecule has 0 aliphatic carbocycles. The van der Waals surface area contributed by atoms with Gasteiger partial charge in [0.15, 0.2) is 0 Å². The molecule has 1 fully saturated rings. The zero-order valence-electron chi connectivity index (χ0n) is 15.4. The summed E-state index contributed by atoms with van der Waals surface area (Å²) in [5, 5.41) is 3.28. The largest absolute Gasteiger partial charge is 0.474 e. The van der Waals surface area contributed by atoms with Gasteiger partial charge in [0.1, 0.15) is 36.4 Å². The molecule has 1 atom stereocenters. The maximum atomic E-state index is 6.12. The van der Waals surface area contributed by atoms with Crippen LogP contribution in [0.4, 0.5) is 5.82 Å². The number of anilines is 1. The molecule has 1 aliphatic heterocycles. The monoisotopic (exact) mass is 378 g/mol. The number of nitrogen functional groups attached to an aromatic ring is 1. The summed E-state index contributed by atoms with van der Waals surface area (Å²) < 4.78 is 17.4. The minimum absolute atomic E-state index is 0.0144. The average molecular weight is 378 g/mol. The molecule has 1 unspecified atom stereocenters. The lowest BCUT2D eigenvalue weighted by atomic mass is 10.1. The molecular formula is C21H22N4O3. The SMILES string of the molecule is Nc1ncnc(OCC2CNCCO2)c1-c1ccc(Oc2ccccc2)cc1.